The number of aromatic nitrogens is 2. The first-order chi connectivity index (χ1) is 12.1. The van der Waals surface area contributed by atoms with E-state index in [9.17, 15) is 18.4 Å². The molecule has 1 aliphatic carbocycles. The Morgan fingerprint density at radius 3 is 2.44 bits per heavy atom. The number of amides is 2. The summed E-state index contributed by atoms with van der Waals surface area (Å²) in [7, 11) is 0. The number of carbonyl (C=O) groups is 2. The highest BCUT2D eigenvalue weighted by molar-refractivity contribution is 6.22. The van der Waals surface area contributed by atoms with Crippen molar-refractivity contribution < 1.29 is 22.8 Å². The third kappa shape index (κ3) is 2.61. The molecule has 1 fully saturated rings. The number of nitrogens with zero attached hydrogens (tertiary/aromatic N) is 3. The van der Waals surface area contributed by atoms with Gasteiger partial charge in [-0.05, 0) is 31.0 Å². The first-order valence-electron chi connectivity index (χ1n) is 8.20. The van der Waals surface area contributed by atoms with Gasteiger partial charge in [-0.25, -0.2) is 0 Å². The van der Waals surface area contributed by atoms with Crippen molar-refractivity contribution in [1.82, 2.24) is 15.1 Å². The molecule has 0 N–H and O–H groups in total. The van der Waals surface area contributed by atoms with Gasteiger partial charge in [0, 0.05) is 11.6 Å². The smallest absolute Gasteiger partial charge is 0.314 e. The van der Waals surface area contributed by atoms with Gasteiger partial charge in [-0.2, -0.15) is 8.78 Å². The number of halogens is 2. The summed E-state index contributed by atoms with van der Waals surface area (Å²) in [5, 5.41) is 6.86. The zero-order valence-corrected chi connectivity index (χ0v) is 13.2. The minimum absolute atomic E-state index is 0.0709. The average Bonchev–Trinajstić information content (AvgIpc) is 3.20. The number of rotatable bonds is 3. The van der Waals surface area contributed by atoms with E-state index in [4.69, 9.17) is 4.42 Å². The normalized spacial score (nSPS) is 18.3. The molecule has 25 heavy (non-hydrogen) atoms. The number of hydrogen-bond acceptors (Lipinski definition) is 5. The Balaban J connectivity index is 1.67. The van der Waals surface area contributed by atoms with Crippen molar-refractivity contribution >= 4 is 11.8 Å². The Morgan fingerprint density at radius 2 is 1.76 bits per heavy atom. The zero-order chi connectivity index (χ0) is 17.6. The molecule has 0 unspecified atom stereocenters. The van der Waals surface area contributed by atoms with Gasteiger partial charge >= 0.3 is 6.43 Å². The molecule has 1 aliphatic heterocycles. The van der Waals surface area contributed by atoms with Crippen LogP contribution >= 0.6 is 0 Å². The lowest BCUT2D eigenvalue weighted by molar-refractivity contribution is 0.0549. The minimum atomic E-state index is -2.86. The third-order valence-electron chi connectivity index (χ3n) is 4.73. The summed E-state index contributed by atoms with van der Waals surface area (Å²) in [4.78, 5) is 26.7. The van der Waals surface area contributed by atoms with Crippen molar-refractivity contribution in [2.45, 2.75) is 44.6 Å². The topological polar surface area (TPSA) is 76.3 Å². The molecule has 1 saturated carbocycles. The molecule has 130 valence electrons. The van der Waals surface area contributed by atoms with Crippen LogP contribution in [0.15, 0.2) is 22.6 Å². The Labute approximate surface area is 141 Å². The number of carbonyl (C=O) groups excluding carboxylic acids is 2. The highest BCUT2D eigenvalue weighted by Crippen LogP contribution is 2.33. The number of alkyl halides is 2. The number of benzene rings is 1. The lowest BCUT2D eigenvalue weighted by atomic mass is 9.94. The van der Waals surface area contributed by atoms with Gasteiger partial charge in [0.2, 0.25) is 5.89 Å². The maximum atomic E-state index is 12.7. The van der Waals surface area contributed by atoms with Crippen LogP contribution in [0, 0.1) is 0 Å². The van der Waals surface area contributed by atoms with E-state index in [1.165, 1.54) is 23.1 Å². The quantitative estimate of drug-likeness (QED) is 0.793. The second kappa shape index (κ2) is 6.02. The van der Waals surface area contributed by atoms with Crippen LogP contribution in [-0.4, -0.2) is 33.0 Å². The number of fused-ring (bicyclic) bond motifs is 1. The molecule has 4 rings (SSSR count). The Hall–Kier alpha value is -2.64. The van der Waals surface area contributed by atoms with E-state index in [1.807, 2.05) is 0 Å². The molecule has 6 nitrogen and oxygen atoms in total. The van der Waals surface area contributed by atoms with Crippen LogP contribution in [0.3, 0.4) is 0 Å². The van der Waals surface area contributed by atoms with Crippen LogP contribution in [0.25, 0.3) is 11.5 Å². The molecule has 0 spiro atoms. The lowest BCUT2D eigenvalue weighted by Crippen LogP contribution is -2.40. The highest BCUT2D eigenvalue weighted by Gasteiger charge is 2.40. The molecule has 2 aromatic rings. The molecule has 2 amide bonds. The molecule has 0 saturated heterocycles. The van der Waals surface area contributed by atoms with Crippen LogP contribution in [0.2, 0.25) is 0 Å². The number of imide groups is 1. The number of hydrogen-bond donors (Lipinski definition) is 0. The summed E-state index contributed by atoms with van der Waals surface area (Å²) in [6.07, 6.45) is 1.90. The van der Waals surface area contributed by atoms with Crippen molar-refractivity contribution in [1.29, 1.82) is 0 Å². The Morgan fingerprint density at radius 1 is 1.04 bits per heavy atom. The van der Waals surface area contributed by atoms with E-state index in [2.05, 4.69) is 10.2 Å². The monoisotopic (exact) mass is 347 g/mol. The zero-order valence-electron chi connectivity index (χ0n) is 13.2. The van der Waals surface area contributed by atoms with Crippen LogP contribution in [0.1, 0.15) is 65.1 Å². The predicted molar refractivity (Wildman–Crippen MR) is 82.1 cm³/mol. The molecule has 0 bridgehead atoms. The molecular weight excluding hydrogens is 332 g/mol. The van der Waals surface area contributed by atoms with Crippen LogP contribution < -0.4 is 0 Å². The van der Waals surface area contributed by atoms with Crippen molar-refractivity contribution in [3.63, 3.8) is 0 Å². The van der Waals surface area contributed by atoms with Gasteiger partial charge < -0.3 is 4.42 Å². The molecule has 1 aromatic heterocycles. The van der Waals surface area contributed by atoms with Gasteiger partial charge in [0.05, 0.1) is 11.1 Å². The van der Waals surface area contributed by atoms with Gasteiger partial charge in [0.25, 0.3) is 17.7 Å². The fourth-order valence-corrected chi connectivity index (χ4v) is 3.50. The van der Waals surface area contributed by atoms with Crippen molar-refractivity contribution in [3.8, 4) is 11.5 Å². The lowest BCUT2D eigenvalue weighted by Gasteiger charge is -2.29. The molecule has 2 heterocycles. The maximum Gasteiger partial charge on any atom is 0.314 e. The van der Waals surface area contributed by atoms with E-state index >= 15 is 0 Å². The first kappa shape index (κ1) is 15.9. The van der Waals surface area contributed by atoms with E-state index in [1.54, 1.807) is 0 Å². The van der Waals surface area contributed by atoms with Crippen molar-refractivity contribution in [3.05, 3.63) is 35.2 Å². The highest BCUT2D eigenvalue weighted by atomic mass is 19.3. The Kier molecular flexibility index (Phi) is 3.82. The van der Waals surface area contributed by atoms with Gasteiger partial charge in [-0.1, -0.05) is 19.3 Å². The average molecular weight is 347 g/mol. The Bertz CT molecular complexity index is 843. The maximum absolute atomic E-state index is 12.7. The summed E-state index contributed by atoms with van der Waals surface area (Å²) in [5.74, 6) is -1.52. The summed E-state index contributed by atoms with van der Waals surface area (Å²) in [6.45, 7) is 0. The van der Waals surface area contributed by atoms with Gasteiger partial charge in [-0.3, -0.25) is 14.5 Å². The SMILES string of the molecule is O=C1c2ccc(-c3nnc(C(F)F)o3)cc2C(=O)N1C1CCCCC1. The van der Waals surface area contributed by atoms with Crippen LogP contribution in [0.5, 0.6) is 0 Å². The van der Waals surface area contributed by atoms with Crippen LogP contribution in [0.4, 0.5) is 8.78 Å². The van der Waals surface area contributed by atoms with E-state index in [0.29, 0.717) is 11.1 Å². The molecule has 1 aromatic carbocycles. The van der Waals surface area contributed by atoms with Gasteiger partial charge in [-0.15, -0.1) is 10.2 Å². The largest absolute Gasteiger partial charge is 0.415 e. The van der Waals surface area contributed by atoms with Gasteiger partial charge in [0.1, 0.15) is 0 Å². The van der Waals surface area contributed by atoms with Crippen molar-refractivity contribution in [2.24, 2.45) is 0 Å². The molecule has 8 heteroatoms. The summed E-state index contributed by atoms with van der Waals surface area (Å²) in [5.41, 5.74) is 0.919. The fraction of sp³-hybridized carbons (Fsp3) is 0.412. The minimum Gasteiger partial charge on any atom is -0.415 e. The fourth-order valence-electron chi connectivity index (χ4n) is 3.50. The standard InChI is InChI=1S/C17H15F2N3O3/c18-13(19)15-21-20-14(25-15)9-6-7-11-12(8-9)17(24)22(16(11)23)10-4-2-1-3-5-10/h6-8,10,13H,1-5H2. The second-order valence-corrected chi connectivity index (χ2v) is 6.28. The van der Waals surface area contributed by atoms with Crippen LogP contribution in [-0.2, 0) is 0 Å². The van der Waals surface area contributed by atoms with Gasteiger partial charge in [0.15, 0.2) is 0 Å². The molecular formula is C17H15F2N3O3. The summed E-state index contributed by atoms with van der Waals surface area (Å²) < 4.78 is 30.1. The summed E-state index contributed by atoms with van der Waals surface area (Å²) >= 11 is 0. The third-order valence-corrected chi connectivity index (χ3v) is 4.73. The van der Waals surface area contributed by atoms with E-state index < -0.39 is 12.3 Å². The first-order valence-corrected chi connectivity index (χ1v) is 8.20. The molecule has 0 atom stereocenters. The van der Waals surface area contributed by atoms with Crippen molar-refractivity contribution in [2.75, 3.05) is 0 Å². The summed E-state index contributed by atoms with van der Waals surface area (Å²) in [6, 6.07) is 4.43. The predicted octanol–water partition coefficient (Wildman–Crippen LogP) is 3.60. The molecule has 2 aliphatic rings. The second-order valence-electron chi connectivity index (χ2n) is 6.28. The molecule has 0 radical (unpaired) electrons. The van der Waals surface area contributed by atoms with E-state index in [0.717, 1.165) is 32.1 Å². The van der Waals surface area contributed by atoms with E-state index in [-0.39, 0.29) is 29.3 Å².